The first-order valence-corrected chi connectivity index (χ1v) is 11.3. The largest absolute Gasteiger partial charge is 0.598 e. The Kier molecular flexibility index (Phi) is 7.64. The zero-order chi connectivity index (χ0) is 22.0. The Labute approximate surface area is 169 Å². The minimum absolute atomic E-state index is 0.248. The van der Waals surface area contributed by atoms with E-state index in [4.69, 9.17) is 0 Å². The van der Waals surface area contributed by atoms with Gasteiger partial charge in [-0.2, -0.15) is 9.57 Å². The quantitative estimate of drug-likeness (QED) is 0.633. The molecule has 0 heterocycles. The van der Waals surface area contributed by atoms with E-state index in [2.05, 4.69) is 4.72 Å². The second kappa shape index (κ2) is 8.63. The molecule has 0 aliphatic carbocycles. The van der Waals surface area contributed by atoms with Gasteiger partial charge < -0.3 is 4.55 Å². The molecule has 6 nitrogen and oxygen atoms in total. The third-order valence-corrected chi connectivity index (χ3v) is 8.21. The van der Waals surface area contributed by atoms with Gasteiger partial charge >= 0.3 is 0 Å². The lowest BCUT2D eigenvalue weighted by Crippen LogP contribution is -2.58. The van der Waals surface area contributed by atoms with E-state index in [0.29, 0.717) is 0 Å². The zero-order valence-electron chi connectivity index (χ0n) is 16.9. The molecular formula is C18H27F2N3O3S2. The molecule has 1 rings (SSSR count). The van der Waals surface area contributed by atoms with Crippen LogP contribution in [0.3, 0.4) is 0 Å². The molecule has 0 amide bonds. The van der Waals surface area contributed by atoms with E-state index in [1.165, 1.54) is 39.1 Å². The Morgan fingerprint density at radius 2 is 1.79 bits per heavy atom. The van der Waals surface area contributed by atoms with Crippen LogP contribution in [0.25, 0.3) is 0 Å². The van der Waals surface area contributed by atoms with Crippen LogP contribution < -0.4 is 4.72 Å². The van der Waals surface area contributed by atoms with Crippen molar-refractivity contribution in [2.75, 3.05) is 19.5 Å². The molecule has 0 saturated carbocycles. The summed E-state index contributed by atoms with van der Waals surface area (Å²) in [4.78, 5) is 0. The fourth-order valence-corrected chi connectivity index (χ4v) is 5.15. The summed E-state index contributed by atoms with van der Waals surface area (Å²) < 4.78 is 70.0. The maximum Gasteiger partial charge on any atom is 0.217 e. The van der Waals surface area contributed by atoms with Gasteiger partial charge in [-0.15, -0.1) is 4.72 Å². The van der Waals surface area contributed by atoms with E-state index in [9.17, 15) is 27.0 Å². The highest BCUT2D eigenvalue weighted by atomic mass is 32.2. The third kappa shape index (κ3) is 5.42. The van der Waals surface area contributed by atoms with E-state index in [1.54, 1.807) is 20.8 Å². The van der Waals surface area contributed by atoms with E-state index in [0.717, 1.165) is 10.4 Å². The van der Waals surface area contributed by atoms with Crippen LogP contribution in [0.2, 0.25) is 0 Å². The number of halogens is 2. The van der Waals surface area contributed by atoms with Gasteiger partial charge in [0.15, 0.2) is 0 Å². The molecule has 1 N–H and O–H groups in total. The van der Waals surface area contributed by atoms with Gasteiger partial charge in [0.25, 0.3) is 0 Å². The second-order valence-electron chi connectivity index (χ2n) is 8.07. The third-order valence-electron chi connectivity index (χ3n) is 4.37. The molecule has 1 unspecified atom stereocenters. The van der Waals surface area contributed by atoms with Gasteiger partial charge in [0.2, 0.25) is 10.0 Å². The summed E-state index contributed by atoms with van der Waals surface area (Å²) in [5.41, 5.74) is -3.75. The van der Waals surface area contributed by atoms with Crippen molar-refractivity contribution >= 4 is 21.4 Å². The van der Waals surface area contributed by atoms with Crippen molar-refractivity contribution in [3.63, 3.8) is 0 Å². The number of hydrogen-bond acceptors (Lipinski definition) is 5. The monoisotopic (exact) mass is 435 g/mol. The minimum atomic E-state index is -4.25. The lowest BCUT2D eigenvalue weighted by molar-refractivity contribution is 0.285. The average Bonchev–Trinajstić information content (AvgIpc) is 2.59. The summed E-state index contributed by atoms with van der Waals surface area (Å²) in [6, 6.07) is 7.04. The molecule has 0 bridgehead atoms. The summed E-state index contributed by atoms with van der Waals surface area (Å²) in [6.45, 7) is 6.34. The molecule has 0 saturated heterocycles. The zero-order valence-corrected chi connectivity index (χ0v) is 18.5. The van der Waals surface area contributed by atoms with Crippen LogP contribution in [0.5, 0.6) is 0 Å². The number of nitriles is 1. The van der Waals surface area contributed by atoms with E-state index in [-0.39, 0.29) is 5.56 Å². The molecule has 0 aliphatic rings. The van der Waals surface area contributed by atoms with Gasteiger partial charge in [-0.05, 0) is 40.7 Å². The van der Waals surface area contributed by atoms with Crippen molar-refractivity contribution in [3.8, 4) is 6.07 Å². The Balaban J connectivity index is 3.55. The number of benzene rings is 1. The fourth-order valence-electron chi connectivity index (χ4n) is 2.31. The van der Waals surface area contributed by atoms with Gasteiger partial charge in [0.05, 0.1) is 11.8 Å². The lowest BCUT2D eigenvalue weighted by atomic mass is 9.94. The maximum atomic E-state index is 14.5. The van der Waals surface area contributed by atoms with Crippen LogP contribution in [0.15, 0.2) is 24.3 Å². The number of sulfonamides is 1. The first-order chi connectivity index (χ1) is 12.6. The Morgan fingerprint density at radius 1 is 1.25 bits per heavy atom. The molecule has 10 heteroatoms. The van der Waals surface area contributed by atoms with Crippen LogP contribution in [0.1, 0.15) is 40.2 Å². The Bertz CT molecular complexity index is 835. The van der Waals surface area contributed by atoms with Gasteiger partial charge in [0.1, 0.15) is 28.3 Å². The second-order valence-corrected chi connectivity index (χ2v) is 12.0. The highest BCUT2D eigenvalue weighted by Gasteiger charge is 2.48. The molecule has 1 aromatic rings. The van der Waals surface area contributed by atoms with Crippen molar-refractivity contribution in [2.24, 2.45) is 0 Å². The molecular weight excluding hydrogens is 408 g/mol. The first-order valence-electron chi connectivity index (χ1n) is 8.51. The predicted octanol–water partition coefficient (Wildman–Crippen LogP) is 2.61. The smallest absolute Gasteiger partial charge is 0.217 e. The average molecular weight is 436 g/mol. The summed E-state index contributed by atoms with van der Waals surface area (Å²) in [7, 11) is -3.05. The SMILES string of the molecule is CN(C(C)(C)C#N)S(=O)(=O)C[C@](CF)(N[S+]([O-])C(C)(C)C)c1ccccc1F. The molecule has 1 aromatic carbocycles. The number of rotatable bonds is 8. The number of nitrogens with zero attached hydrogens (tertiary/aromatic N) is 2. The van der Waals surface area contributed by atoms with E-state index in [1.807, 2.05) is 6.07 Å². The minimum Gasteiger partial charge on any atom is -0.598 e. The summed E-state index contributed by atoms with van der Waals surface area (Å²) in [6.07, 6.45) is 0. The molecule has 0 spiro atoms. The van der Waals surface area contributed by atoms with Crippen molar-refractivity contribution < 1.29 is 21.8 Å². The molecule has 2 atom stereocenters. The number of hydrogen-bond donors (Lipinski definition) is 1. The van der Waals surface area contributed by atoms with Crippen LogP contribution in [0.4, 0.5) is 8.78 Å². The van der Waals surface area contributed by atoms with E-state index >= 15 is 0 Å². The van der Waals surface area contributed by atoms with Crippen LogP contribution >= 0.6 is 0 Å². The summed E-state index contributed by atoms with van der Waals surface area (Å²) >= 11 is -1.89. The molecule has 0 aromatic heterocycles. The van der Waals surface area contributed by atoms with Crippen LogP contribution in [-0.2, 0) is 26.9 Å². The van der Waals surface area contributed by atoms with Gasteiger partial charge in [-0.3, -0.25) is 0 Å². The van der Waals surface area contributed by atoms with Gasteiger partial charge in [-0.1, -0.05) is 18.2 Å². The molecule has 0 fully saturated rings. The summed E-state index contributed by atoms with van der Waals surface area (Å²) in [5, 5.41) is 9.24. The Morgan fingerprint density at radius 3 is 2.21 bits per heavy atom. The maximum absolute atomic E-state index is 14.5. The Hall–Kier alpha value is -1.25. The number of alkyl halides is 1. The van der Waals surface area contributed by atoms with Crippen LogP contribution in [0, 0.1) is 17.1 Å². The highest BCUT2D eigenvalue weighted by Crippen LogP contribution is 2.32. The molecule has 0 aliphatic heterocycles. The topological polar surface area (TPSA) is 96.3 Å². The fraction of sp³-hybridized carbons (Fsp3) is 0.611. The summed E-state index contributed by atoms with van der Waals surface area (Å²) in [5.74, 6) is -1.74. The van der Waals surface area contributed by atoms with Crippen molar-refractivity contribution in [3.05, 3.63) is 35.6 Å². The standard InChI is InChI=1S/C18H27F2N3O3S2/c1-16(2,3)27(24)22-18(11-19,14-9-7-8-10-15(14)20)13-28(25,26)23(6)17(4,5)12-21/h7-10,22H,11,13H2,1-6H3/t18-,27?/m0/s1. The normalized spacial score (nSPS) is 16.5. The van der Waals surface area contributed by atoms with Crippen molar-refractivity contribution in [1.82, 2.24) is 9.03 Å². The lowest BCUT2D eigenvalue weighted by Gasteiger charge is -2.38. The first kappa shape index (κ1) is 24.8. The highest BCUT2D eigenvalue weighted by molar-refractivity contribution is 7.91. The molecule has 158 valence electrons. The van der Waals surface area contributed by atoms with Gasteiger partial charge in [0, 0.05) is 24.0 Å². The molecule has 0 radical (unpaired) electrons. The molecule has 28 heavy (non-hydrogen) atoms. The van der Waals surface area contributed by atoms with Gasteiger partial charge in [-0.25, -0.2) is 17.2 Å². The number of nitrogens with one attached hydrogen (secondary N) is 1. The predicted molar refractivity (Wildman–Crippen MR) is 106 cm³/mol. The van der Waals surface area contributed by atoms with Crippen molar-refractivity contribution in [2.45, 2.75) is 50.4 Å². The van der Waals surface area contributed by atoms with Crippen LogP contribution in [-0.4, -0.2) is 47.0 Å². The van der Waals surface area contributed by atoms with E-state index < -0.39 is 55.5 Å². The van der Waals surface area contributed by atoms with Crippen molar-refractivity contribution in [1.29, 1.82) is 5.26 Å².